The van der Waals surface area contributed by atoms with Crippen molar-refractivity contribution in [1.82, 2.24) is 5.32 Å². The summed E-state index contributed by atoms with van der Waals surface area (Å²) in [5, 5.41) is 7.50. The molecule has 5 heteroatoms. The predicted molar refractivity (Wildman–Crippen MR) is 96.7 cm³/mol. The second-order valence-electron chi connectivity index (χ2n) is 5.13. The molecule has 0 unspecified atom stereocenters. The fourth-order valence-electron chi connectivity index (χ4n) is 1.92. The van der Waals surface area contributed by atoms with Crippen LogP contribution in [0.2, 0.25) is 5.02 Å². The third kappa shape index (κ3) is 5.54. The molecule has 0 aliphatic rings. The molecule has 116 valence electrons. The highest BCUT2D eigenvalue weighted by molar-refractivity contribution is 7.80. The summed E-state index contributed by atoms with van der Waals surface area (Å²) in [5.74, 6) is 0.864. The van der Waals surface area contributed by atoms with Crippen molar-refractivity contribution in [3.63, 3.8) is 0 Å². The molecule has 0 atom stereocenters. The minimum absolute atomic E-state index is 0.161. The van der Waals surface area contributed by atoms with Crippen LogP contribution >= 0.6 is 23.8 Å². The van der Waals surface area contributed by atoms with Crippen LogP contribution in [0.1, 0.15) is 19.4 Å². The van der Waals surface area contributed by atoms with Crippen molar-refractivity contribution >= 4 is 34.6 Å². The monoisotopic (exact) mass is 334 g/mol. The Hall–Kier alpha value is -1.78. The van der Waals surface area contributed by atoms with Crippen LogP contribution in [0.3, 0.4) is 0 Å². The van der Waals surface area contributed by atoms with Crippen molar-refractivity contribution in [1.29, 1.82) is 0 Å². The molecule has 0 fully saturated rings. The van der Waals surface area contributed by atoms with E-state index in [-0.39, 0.29) is 6.10 Å². The van der Waals surface area contributed by atoms with Crippen molar-refractivity contribution in [2.45, 2.75) is 26.5 Å². The third-order valence-electron chi connectivity index (χ3n) is 2.81. The Bertz CT molecular complexity index is 646. The lowest BCUT2D eigenvalue weighted by atomic mass is 10.2. The molecule has 2 aromatic carbocycles. The fourth-order valence-corrected chi connectivity index (χ4v) is 2.31. The van der Waals surface area contributed by atoms with Gasteiger partial charge in [0, 0.05) is 17.3 Å². The molecule has 0 aromatic heterocycles. The van der Waals surface area contributed by atoms with E-state index in [1.165, 1.54) is 0 Å². The zero-order valence-corrected chi connectivity index (χ0v) is 14.2. The number of benzene rings is 2. The first kappa shape index (κ1) is 16.6. The summed E-state index contributed by atoms with van der Waals surface area (Å²) in [6, 6.07) is 15.4. The van der Waals surface area contributed by atoms with Crippen LogP contribution in [-0.2, 0) is 6.54 Å². The molecular formula is C17H19ClN2OS. The van der Waals surface area contributed by atoms with Gasteiger partial charge in [0.15, 0.2) is 5.11 Å². The second-order valence-corrected chi connectivity index (χ2v) is 5.98. The van der Waals surface area contributed by atoms with Gasteiger partial charge >= 0.3 is 0 Å². The van der Waals surface area contributed by atoms with Gasteiger partial charge in [-0.2, -0.15) is 0 Å². The molecule has 22 heavy (non-hydrogen) atoms. The maximum atomic E-state index is 5.94. The molecule has 0 saturated carbocycles. The van der Waals surface area contributed by atoms with Crippen LogP contribution in [0.15, 0.2) is 48.5 Å². The summed E-state index contributed by atoms with van der Waals surface area (Å²) in [5.41, 5.74) is 1.97. The Kier molecular flexibility index (Phi) is 6.04. The molecule has 0 heterocycles. The van der Waals surface area contributed by atoms with Crippen molar-refractivity contribution in [2.75, 3.05) is 5.32 Å². The summed E-state index contributed by atoms with van der Waals surface area (Å²) < 4.78 is 5.68. The third-order valence-corrected chi connectivity index (χ3v) is 3.29. The van der Waals surface area contributed by atoms with E-state index in [2.05, 4.69) is 10.6 Å². The van der Waals surface area contributed by atoms with E-state index in [9.17, 15) is 0 Å². The van der Waals surface area contributed by atoms with Crippen LogP contribution in [-0.4, -0.2) is 11.2 Å². The Balaban J connectivity index is 1.88. The zero-order valence-electron chi connectivity index (χ0n) is 12.6. The van der Waals surface area contributed by atoms with Gasteiger partial charge in [-0.3, -0.25) is 0 Å². The van der Waals surface area contributed by atoms with Crippen LogP contribution < -0.4 is 15.4 Å². The average molecular weight is 335 g/mol. The van der Waals surface area contributed by atoms with E-state index < -0.39 is 0 Å². The van der Waals surface area contributed by atoms with Crippen LogP contribution in [0, 0.1) is 0 Å². The second kappa shape index (κ2) is 8.01. The lowest BCUT2D eigenvalue weighted by Gasteiger charge is -2.13. The first-order valence-corrected chi connectivity index (χ1v) is 7.87. The van der Waals surface area contributed by atoms with E-state index in [0.717, 1.165) is 17.0 Å². The van der Waals surface area contributed by atoms with Crippen molar-refractivity contribution in [3.05, 3.63) is 59.1 Å². The van der Waals surface area contributed by atoms with Gasteiger partial charge in [0.05, 0.1) is 6.10 Å². The van der Waals surface area contributed by atoms with E-state index in [4.69, 9.17) is 28.6 Å². The fraction of sp³-hybridized carbons (Fsp3) is 0.235. The molecule has 3 nitrogen and oxygen atoms in total. The van der Waals surface area contributed by atoms with Gasteiger partial charge in [-0.25, -0.2) is 0 Å². The van der Waals surface area contributed by atoms with Gasteiger partial charge in [0.2, 0.25) is 0 Å². The molecule has 0 spiro atoms. The van der Waals surface area contributed by atoms with Crippen molar-refractivity contribution in [3.8, 4) is 5.75 Å². The van der Waals surface area contributed by atoms with Crippen molar-refractivity contribution < 1.29 is 4.74 Å². The Morgan fingerprint density at radius 3 is 2.68 bits per heavy atom. The summed E-state index contributed by atoms with van der Waals surface area (Å²) >= 11 is 11.2. The molecule has 0 saturated heterocycles. The molecule has 0 aliphatic carbocycles. The summed E-state index contributed by atoms with van der Waals surface area (Å²) in [7, 11) is 0. The number of thiocarbonyl (C=S) groups is 1. The van der Waals surface area contributed by atoms with E-state index in [1.54, 1.807) is 0 Å². The number of anilines is 1. The highest BCUT2D eigenvalue weighted by atomic mass is 35.5. The molecule has 2 rings (SSSR count). The standard InChI is InChI=1S/C17H19ClN2OS/c1-12(2)21-16-8-3-5-13(9-16)11-19-17(22)20-15-7-4-6-14(18)10-15/h3-10,12H,11H2,1-2H3,(H2,19,20,22). The molecule has 0 aliphatic heterocycles. The van der Waals surface area contributed by atoms with Crippen molar-refractivity contribution in [2.24, 2.45) is 0 Å². The smallest absolute Gasteiger partial charge is 0.171 e. The summed E-state index contributed by atoms with van der Waals surface area (Å²) in [6.45, 7) is 4.64. The molecule has 2 aromatic rings. The Morgan fingerprint density at radius 1 is 1.18 bits per heavy atom. The van der Waals surface area contributed by atoms with E-state index in [0.29, 0.717) is 16.7 Å². The minimum Gasteiger partial charge on any atom is -0.491 e. The van der Waals surface area contributed by atoms with Gasteiger partial charge in [0.1, 0.15) is 5.75 Å². The number of halogens is 1. The molecule has 0 amide bonds. The van der Waals surface area contributed by atoms with Crippen LogP contribution in [0.5, 0.6) is 5.75 Å². The SMILES string of the molecule is CC(C)Oc1cccc(CNC(=S)Nc2cccc(Cl)c2)c1. The zero-order chi connectivity index (χ0) is 15.9. The minimum atomic E-state index is 0.161. The van der Waals surface area contributed by atoms with Gasteiger partial charge in [-0.1, -0.05) is 29.8 Å². The topological polar surface area (TPSA) is 33.3 Å². The van der Waals surface area contributed by atoms with Gasteiger partial charge in [-0.15, -0.1) is 0 Å². The van der Waals surface area contributed by atoms with E-state index in [1.807, 2.05) is 62.4 Å². The lowest BCUT2D eigenvalue weighted by molar-refractivity contribution is 0.242. The summed E-state index contributed by atoms with van der Waals surface area (Å²) in [6.07, 6.45) is 0.161. The molecule has 2 N–H and O–H groups in total. The molecule has 0 radical (unpaired) electrons. The molecular weight excluding hydrogens is 316 g/mol. The Morgan fingerprint density at radius 2 is 1.95 bits per heavy atom. The number of nitrogens with one attached hydrogen (secondary N) is 2. The largest absolute Gasteiger partial charge is 0.491 e. The van der Waals surface area contributed by atoms with Crippen LogP contribution in [0.25, 0.3) is 0 Å². The highest BCUT2D eigenvalue weighted by Gasteiger charge is 2.02. The number of rotatable bonds is 5. The maximum Gasteiger partial charge on any atom is 0.171 e. The summed E-state index contributed by atoms with van der Waals surface area (Å²) in [4.78, 5) is 0. The quantitative estimate of drug-likeness (QED) is 0.782. The van der Waals surface area contributed by atoms with Crippen LogP contribution in [0.4, 0.5) is 5.69 Å². The maximum absolute atomic E-state index is 5.94. The van der Waals surface area contributed by atoms with Gasteiger partial charge in [-0.05, 0) is 62.0 Å². The average Bonchev–Trinajstić information content (AvgIpc) is 2.45. The number of hydrogen-bond donors (Lipinski definition) is 2. The van der Waals surface area contributed by atoms with E-state index >= 15 is 0 Å². The van der Waals surface area contributed by atoms with Gasteiger partial charge in [0.25, 0.3) is 0 Å². The predicted octanol–water partition coefficient (Wildman–Crippen LogP) is 4.61. The number of ether oxygens (including phenoxy) is 1. The Labute approximate surface area is 141 Å². The number of hydrogen-bond acceptors (Lipinski definition) is 2. The molecule has 0 bridgehead atoms. The normalized spacial score (nSPS) is 10.4. The lowest BCUT2D eigenvalue weighted by Crippen LogP contribution is -2.27. The first-order valence-electron chi connectivity index (χ1n) is 7.09. The highest BCUT2D eigenvalue weighted by Crippen LogP contribution is 2.16. The van der Waals surface area contributed by atoms with Gasteiger partial charge < -0.3 is 15.4 Å². The first-order chi connectivity index (χ1) is 10.5.